The van der Waals surface area contributed by atoms with E-state index in [0.29, 0.717) is 27.7 Å². The summed E-state index contributed by atoms with van der Waals surface area (Å²) in [7, 11) is 0. The largest absolute Gasteiger partial charge is 0.401 e. The van der Waals surface area contributed by atoms with Crippen LogP contribution in [0.3, 0.4) is 0 Å². The molecule has 5 heteroatoms. The van der Waals surface area contributed by atoms with Crippen LogP contribution >= 0.6 is 0 Å². The number of carbonyl (C=O) groups excluding carboxylic acids is 1. The van der Waals surface area contributed by atoms with Gasteiger partial charge in [0.1, 0.15) is 5.69 Å². The van der Waals surface area contributed by atoms with Crippen LogP contribution in [-0.2, 0) is 0 Å². The number of fused-ring (bicyclic) bond motifs is 3. The van der Waals surface area contributed by atoms with Crippen molar-refractivity contribution in [3.8, 4) is 11.6 Å². The van der Waals surface area contributed by atoms with Crippen LogP contribution in [0.25, 0.3) is 44.2 Å². The van der Waals surface area contributed by atoms with Crippen LogP contribution in [0.2, 0.25) is 0 Å². The minimum Gasteiger partial charge on any atom is -0.401 e. The molecular weight excluding hydrogens is 400 g/mol. The van der Waals surface area contributed by atoms with E-state index in [9.17, 15) is 9.59 Å². The first kappa shape index (κ1) is 18.3. The van der Waals surface area contributed by atoms with Crippen LogP contribution in [0.1, 0.15) is 15.9 Å². The van der Waals surface area contributed by atoms with E-state index < -0.39 is 5.63 Å². The van der Waals surface area contributed by atoms with Gasteiger partial charge in [-0.1, -0.05) is 66.7 Å². The highest BCUT2D eigenvalue weighted by atomic mass is 16.4. The summed E-state index contributed by atoms with van der Waals surface area (Å²) in [4.78, 5) is 34.1. The van der Waals surface area contributed by atoms with Crippen molar-refractivity contribution in [3.63, 3.8) is 0 Å². The van der Waals surface area contributed by atoms with Gasteiger partial charge in [0.15, 0.2) is 5.78 Å². The van der Waals surface area contributed by atoms with Crippen molar-refractivity contribution in [1.29, 1.82) is 0 Å². The van der Waals surface area contributed by atoms with Crippen LogP contribution in [0.5, 0.6) is 0 Å². The predicted molar refractivity (Wildman–Crippen MR) is 125 cm³/mol. The number of H-pyrrole nitrogens is 1. The van der Waals surface area contributed by atoms with Gasteiger partial charge in [-0.25, -0.2) is 9.78 Å². The van der Waals surface area contributed by atoms with Crippen LogP contribution in [0.4, 0.5) is 0 Å². The van der Waals surface area contributed by atoms with Crippen LogP contribution < -0.4 is 5.63 Å². The van der Waals surface area contributed by atoms with Crippen molar-refractivity contribution >= 4 is 38.4 Å². The number of benzene rings is 4. The average molecular weight is 416 g/mol. The van der Waals surface area contributed by atoms with E-state index in [4.69, 9.17) is 4.42 Å². The number of nitrogens with one attached hydrogen (secondary N) is 1. The van der Waals surface area contributed by atoms with Crippen molar-refractivity contribution in [3.05, 3.63) is 113 Å². The second-order valence-electron chi connectivity index (χ2n) is 7.64. The molecular formula is C27H16N2O3. The molecule has 0 saturated heterocycles. The summed E-state index contributed by atoms with van der Waals surface area (Å²) in [5.74, 6) is -0.0742. The number of carbonyl (C=O) groups is 1. The Hall–Kier alpha value is -4.51. The third-order valence-corrected chi connectivity index (χ3v) is 5.69. The van der Waals surface area contributed by atoms with Gasteiger partial charge >= 0.3 is 5.63 Å². The molecule has 0 unspecified atom stereocenters. The highest BCUT2D eigenvalue weighted by Gasteiger charge is 2.24. The van der Waals surface area contributed by atoms with Gasteiger partial charge in [0.2, 0.25) is 5.89 Å². The van der Waals surface area contributed by atoms with Gasteiger partial charge in [0, 0.05) is 16.5 Å². The van der Waals surface area contributed by atoms with Gasteiger partial charge < -0.3 is 9.40 Å². The maximum absolute atomic E-state index is 13.7. The molecule has 0 aliphatic rings. The fourth-order valence-electron chi connectivity index (χ4n) is 4.14. The Kier molecular flexibility index (Phi) is 4.01. The van der Waals surface area contributed by atoms with Crippen molar-refractivity contribution < 1.29 is 9.21 Å². The molecule has 6 aromatic rings. The summed E-state index contributed by atoms with van der Waals surface area (Å²) < 4.78 is 5.55. The minimum atomic E-state index is -0.492. The average Bonchev–Trinajstić information content (AvgIpc) is 3.23. The van der Waals surface area contributed by atoms with Crippen LogP contribution in [0.15, 0.2) is 100 Å². The lowest BCUT2D eigenvalue weighted by Gasteiger charge is -2.06. The molecule has 2 aromatic heterocycles. The molecule has 5 nitrogen and oxygen atoms in total. The lowest BCUT2D eigenvalue weighted by atomic mass is 9.97. The SMILES string of the molecule is O=C(c1ccc2ccccc2c1)c1c(-c2nc3ccccc3c(=O)o2)[nH]c2ccccc12. The molecule has 0 amide bonds. The molecule has 0 aliphatic carbocycles. The molecule has 152 valence electrons. The van der Waals surface area contributed by atoms with Crippen molar-refractivity contribution in [1.82, 2.24) is 9.97 Å². The topological polar surface area (TPSA) is 76.0 Å². The Morgan fingerprint density at radius 1 is 0.781 bits per heavy atom. The van der Waals surface area contributed by atoms with Gasteiger partial charge in [-0.15, -0.1) is 0 Å². The van der Waals surface area contributed by atoms with E-state index in [1.54, 1.807) is 18.2 Å². The van der Waals surface area contributed by atoms with Gasteiger partial charge in [-0.3, -0.25) is 4.79 Å². The van der Waals surface area contributed by atoms with E-state index >= 15 is 0 Å². The molecule has 1 N–H and O–H groups in total. The summed E-state index contributed by atoms with van der Waals surface area (Å²) in [5.41, 5.74) is 2.17. The zero-order valence-electron chi connectivity index (χ0n) is 16.8. The third-order valence-electron chi connectivity index (χ3n) is 5.69. The van der Waals surface area contributed by atoms with E-state index in [2.05, 4.69) is 9.97 Å². The second kappa shape index (κ2) is 7.03. The van der Waals surface area contributed by atoms with Gasteiger partial charge in [-0.05, 0) is 35.0 Å². The third kappa shape index (κ3) is 2.83. The smallest absolute Gasteiger partial charge is 0.347 e. The number of aromatic nitrogens is 2. The van der Waals surface area contributed by atoms with Crippen molar-refractivity contribution in [2.24, 2.45) is 0 Å². The summed E-state index contributed by atoms with van der Waals surface area (Å²) in [5, 5.41) is 3.19. The Balaban J connectivity index is 1.61. The summed E-state index contributed by atoms with van der Waals surface area (Å²) >= 11 is 0. The summed E-state index contributed by atoms with van der Waals surface area (Å²) in [6.07, 6.45) is 0. The molecule has 0 atom stereocenters. The number of rotatable bonds is 3. The molecule has 0 fully saturated rings. The number of hydrogen-bond donors (Lipinski definition) is 1. The number of ketones is 1. The molecule has 32 heavy (non-hydrogen) atoms. The zero-order valence-corrected chi connectivity index (χ0v) is 16.8. The van der Waals surface area contributed by atoms with E-state index in [1.807, 2.05) is 72.8 Å². The predicted octanol–water partition coefficient (Wildman–Crippen LogP) is 5.72. The second-order valence-corrected chi connectivity index (χ2v) is 7.64. The number of nitrogens with zero attached hydrogens (tertiary/aromatic N) is 1. The maximum Gasteiger partial charge on any atom is 0.347 e. The van der Waals surface area contributed by atoms with Crippen LogP contribution in [0, 0.1) is 0 Å². The quantitative estimate of drug-likeness (QED) is 0.374. The van der Waals surface area contributed by atoms with Crippen LogP contribution in [-0.4, -0.2) is 15.8 Å². The van der Waals surface area contributed by atoms with Crippen molar-refractivity contribution in [2.45, 2.75) is 0 Å². The molecule has 0 spiro atoms. The molecule has 6 rings (SSSR count). The van der Waals surface area contributed by atoms with Crippen molar-refractivity contribution in [2.75, 3.05) is 0 Å². The highest BCUT2D eigenvalue weighted by molar-refractivity contribution is 6.20. The molecule has 0 radical (unpaired) electrons. The normalized spacial score (nSPS) is 11.4. The molecule has 0 bridgehead atoms. The number of aromatic amines is 1. The summed E-state index contributed by atoms with van der Waals surface area (Å²) in [6.45, 7) is 0. The molecule has 4 aromatic carbocycles. The highest BCUT2D eigenvalue weighted by Crippen LogP contribution is 2.32. The monoisotopic (exact) mass is 416 g/mol. The number of hydrogen-bond acceptors (Lipinski definition) is 4. The molecule has 0 aliphatic heterocycles. The van der Waals surface area contributed by atoms with Gasteiger partial charge in [0.25, 0.3) is 0 Å². The number of para-hydroxylation sites is 2. The first-order chi connectivity index (χ1) is 15.7. The fourth-order valence-corrected chi connectivity index (χ4v) is 4.14. The molecule has 0 saturated carbocycles. The Labute approximate surface area is 182 Å². The molecule has 2 heterocycles. The summed E-state index contributed by atoms with van der Waals surface area (Å²) in [6, 6.07) is 28.1. The first-order valence-corrected chi connectivity index (χ1v) is 10.2. The Morgan fingerprint density at radius 3 is 2.38 bits per heavy atom. The lowest BCUT2D eigenvalue weighted by Crippen LogP contribution is -2.06. The fraction of sp³-hybridized carbons (Fsp3) is 0. The Bertz CT molecular complexity index is 1730. The Morgan fingerprint density at radius 2 is 1.50 bits per heavy atom. The van der Waals surface area contributed by atoms with E-state index in [0.717, 1.165) is 21.7 Å². The standard InChI is InChI=1S/C27H16N2O3/c30-25(18-14-13-16-7-1-2-8-17(16)15-18)23-19-9-3-5-11-21(19)28-24(23)26-29-22-12-6-4-10-20(22)27(31)32-26/h1-15,28H. The van der Waals surface area contributed by atoms with Gasteiger partial charge in [0.05, 0.1) is 16.5 Å². The van der Waals surface area contributed by atoms with E-state index in [1.165, 1.54) is 0 Å². The first-order valence-electron chi connectivity index (χ1n) is 10.2. The van der Waals surface area contributed by atoms with Gasteiger partial charge in [-0.2, -0.15) is 0 Å². The zero-order chi connectivity index (χ0) is 21.7. The maximum atomic E-state index is 13.7. The van der Waals surface area contributed by atoms with E-state index in [-0.39, 0.29) is 11.7 Å². The minimum absolute atomic E-state index is 0.0917. The lowest BCUT2D eigenvalue weighted by molar-refractivity contribution is 0.104.